The molecule has 0 N–H and O–H groups in total. The molecule has 18 heavy (non-hydrogen) atoms. The maximum absolute atomic E-state index is 8.82. The van der Waals surface area contributed by atoms with Crippen LogP contribution >= 0.6 is 0 Å². The fourth-order valence-corrected chi connectivity index (χ4v) is 1.76. The molecule has 0 aliphatic heterocycles. The highest BCUT2D eigenvalue weighted by molar-refractivity contribution is 5.70. The summed E-state index contributed by atoms with van der Waals surface area (Å²) < 4.78 is 5.62. The number of rotatable bonds is 3. The van der Waals surface area contributed by atoms with Gasteiger partial charge in [0.1, 0.15) is 11.8 Å². The Bertz CT molecular complexity index is 566. The zero-order valence-corrected chi connectivity index (χ0v) is 10.6. The van der Waals surface area contributed by atoms with Gasteiger partial charge in [0.25, 0.3) is 0 Å². The zero-order valence-electron chi connectivity index (χ0n) is 10.6. The van der Waals surface area contributed by atoms with Crippen LogP contribution in [0, 0.1) is 18.3 Å². The van der Waals surface area contributed by atoms with Gasteiger partial charge in [0.05, 0.1) is 0 Å². The summed E-state index contributed by atoms with van der Waals surface area (Å²) >= 11 is 0. The van der Waals surface area contributed by atoms with E-state index in [1.807, 2.05) is 24.3 Å². The maximum atomic E-state index is 8.82. The molecule has 2 rings (SSSR count). The molecule has 0 radical (unpaired) electrons. The fraction of sp³-hybridized carbons (Fsp3) is 0.188. The van der Waals surface area contributed by atoms with Crippen LogP contribution in [0.1, 0.15) is 12.5 Å². The van der Waals surface area contributed by atoms with Crippen LogP contribution < -0.4 is 4.74 Å². The summed E-state index contributed by atoms with van der Waals surface area (Å²) in [5.74, 6) is 0.746. The van der Waals surface area contributed by atoms with E-state index in [2.05, 4.69) is 37.3 Å². The predicted molar refractivity (Wildman–Crippen MR) is 72.3 cm³/mol. The summed E-state index contributed by atoms with van der Waals surface area (Å²) in [6.07, 6.45) is -0.448. The van der Waals surface area contributed by atoms with Crippen LogP contribution in [0.4, 0.5) is 0 Å². The normalized spacial score (nSPS) is 11.6. The van der Waals surface area contributed by atoms with E-state index in [1.165, 1.54) is 5.56 Å². The summed E-state index contributed by atoms with van der Waals surface area (Å²) in [7, 11) is 0. The van der Waals surface area contributed by atoms with Gasteiger partial charge in [0.15, 0.2) is 6.10 Å². The zero-order chi connectivity index (χ0) is 13.0. The average molecular weight is 237 g/mol. The van der Waals surface area contributed by atoms with Crippen molar-refractivity contribution in [3.05, 3.63) is 54.1 Å². The monoisotopic (exact) mass is 237 g/mol. The number of nitriles is 1. The minimum Gasteiger partial charge on any atom is -0.475 e. The van der Waals surface area contributed by atoms with E-state index in [4.69, 9.17) is 10.00 Å². The molecule has 1 unspecified atom stereocenters. The Balaban J connectivity index is 2.39. The van der Waals surface area contributed by atoms with Gasteiger partial charge in [-0.25, -0.2) is 0 Å². The molecule has 2 heteroatoms. The van der Waals surface area contributed by atoms with Crippen molar-refractivity contribution in [3.8, 4) is 22.9 Å². The molecular formula is C16H15NO. The Labute approximate surface area is 107 Å². The molecule has 0 fully saturated rings. The molecule has 2 aromatic carbocycles. The average Bonchev–Trinajstić information content (AvgIpc) is 2.40. The summed E-state index contributed by atoms with van der Waals surface area (Å²) in [6.45, 7) is 3.80. The molecule has 0 amide bonds. The second kappa shape index (κ2) is 5.37. The lowest BCUT2D eigenvalue weighted by Gasteiger charge is -2.12. The van der Waals surface area contributed by atoms with Gasteiger partial charge < -0.3 is 4.74 Å². The highest BCUT2D eigenvalue weighted by Gasteiger charge is 2.08. The quantitative estimate of drug-likeness (QED) is 0.809. The first kappa shape index (κ1) is 12.2. The molecule has 90 valence electrons. The third kappa shape index (κ3) is 2.70. The van der Waals surface area contributed by atoms with Crippen molar-refractivity contribution >= 4 is 0 Å². The Kier molecular flexibility index (Phi) is 3.64. The first-order chi connectivity index (χ1) is 8.70. The Hall–Kier alpha value is -2.27. The van der Waals surface area contributed by atoms with Crippen LogP contribution in [0.3, 0.4) is 0 Å². The van der Waals surface area contributed by atoms with Gasteiger partial charge in [0, 0.05) is 5.56 Å². The van der Waals surface area contributed by atoms with E-state index in [1.54, 1.807) is 6.92 Å². The smallest absolute Gasteiger partial charge is 0.181 e. The van der Waals surface area contributed by atoms with Crippen LogP contribution in [0.5, 0.6) is 5.75 Å². The fourth-order valence-electron chi connectivity index (χ4n) is 1.76. The molecular weight excluding hydrogens is 222 g/mol. The van der Waals surface area contributed by atoms with Gasteiger partial charge in [-0.2, -0.15) is 5.26 Å². The Morgan fingerprint density at radius 2 is 1.72 bits per heavy atom. The third-order valence-electron chi connectivity index (χ3n) is 2.74. The van der Waals surface area contributed by atoms with Crippen LogP contribution in [-0.2, 0) is 0 Å². The maximum Gasteiger partial charge on any atom is 0.181 e. The molecule has 0 aliphatic carbocycles. The van der Waals surface area contributed by atoms with Crippen LogP contribution in [-0.4, -0.2) is 6.10 Å². The number of ether oxygens (including phenoxy) is 1. The van der Waals surface area contributed by atoms with Crippen molar-refractivity contribution in [1.82, 2.24) is 0 Å². The van der Waals surface area contributed by atoms with Crippen molar-refractivity contribution in [2.45, 2.75) is 20.0 Å². The lowest BCUT2D eigenvalue weighted by molar-refractivity contribution is 0.277. The van der Waals surface area contributed by atoms with Crippen LogP contribution in [0.15, 0.2) is 48.5 Å². The van der Waals surface area contributed by atoms with Gasteiger partial charge in [-0.3, -0.25) is 0 Å². The van der Waals surface area contributed by atoms with Crippen molar-refractivity contribution in [2.75, 3.05) is 0 Å². The van der Waals surface area contributed by atoms with E-state index in [0.29, 0.717) is 0 Å². The third-order valence-corrected chi connectivity index (χ3v) is 2.74. The minimum absolute atomic E-state index is 0.448. The highest BCUT2D eigenvalue weighted by atomic mass is 16.5. The van der Waals surface area contributed by atoms with Gasteiger partial charge in [0.2, 0.25) is 0 Å². The molecule has 0 saturated heterocycles. The van der Waals surface area contributed by atoms with Crippen LogP contribution in [0.2, 0.25) is 0 Å². The number of benzene rings is 2. The molecule has 0 saturated carbocycles. The lowest BCUT2D eigenvalue weighted by Crippen LogP contribution is -2.08. The van der Waals surface area contributed by atoms with Gasteiger partial charge >= 0.3 is 0 Å². The topological polar surface area (TPSA) is 33.0 Å². The van der Waals surface area contributed by atoms with Gasteiger partial charge in [-0.1, -0.05) is 48.0 Å². The van der Waals surface area contributed by atoms with E-state index >= 15 is 0 Å². The molecule has 2 aromatic rings. The second-order valence-corrected chi connectivity index (χ2v) is 4.25. The van der Waals surface area contributed by atoms with Crippen molar-refractivity contribution in [2.24, 2.45) is 0 Å². The molecule has 1 atom stereocenters. The predicted octanol–water partition coefficient (Wildman–Crippen LogP) is 3.95. The van der Waals surface area contributed by atoms with Crippen molar-refractivity contribution in [1.29, 1.82) is 5.26 Å². The Morgan fingerprint density at radius 3 is 2.39 bits per heavy atom. The van der Waals surface area contributed by atoms with Gasteiger partial charge in [-0.15, -0.1) is 0 Å². The van der Waals surface area contributed by atoms with Gasteiger partial charge in [-0.05, 0) is 25.5 Å². The SMILES string of the molecule is Cc1ccc(-c2ccccc2OC(C)C#N)cc1. The molecule has 0 aliphatic rings. The van der Waals surface area contributed by atoms with E-state index in [9.17, 15) is 0 Å². The number of hydrogen-bond donors (Lipinski definition) is 0. The molecule has 0 heterocycles. The first-order valence-electron chi connectivity index (χ1n) is 5.93. The van der Waals surface area contributed by atoms with Crippen molar-refractivity contribution < 1.29 is 4.74 Å². The lowest BCUT2D eigenvalue weighted by atomic mass is 10.0. The summed E-state index contributed by atoms with van der Waals surface area (Å²) in [6, 6.07) is 18.1. The summed E-state index contributed by atoms with van der Waals surface area (Å²) in [4.78, 5) is 0. The molecule has 0 spiro atoms. The summed E-state index contributed by atoms with van der Waals surface area (Å²) in [5.41, 5.74) is 3.34. The molecule has 0 bridgehead atoms. The van der Waals surface area contributed by atoms with Crippen LogP contribution in [0.25, 0.3) is 11.1 Å². The van der Waals surface area contributed by atoms with E-state index in [0.717, 1.165) is 16.9 Å². The number of nitrogens with zero attached hydrogens (tertiary/aromatic N) is 1. The second-order valence-electron chi connectivity index (χ2n) is 4.25. The number of aryl methyl sites for hydroxylation is 1. The van der Waals surface area contributed by atoms with E-state index in [-0.39, 0.29) is 0 Å². The largest absolute Gasteiger partial charge is 0.475 e. The molecule has 2 nitrogen and oxygen atoms in total. The number of para-hydroxylation sites is 1. The highest BCUT2D eigenvalue weighted by Crippen LogP contribution is 2.30. The number of hydrogen-bond acceptors (Lipinski definition) is 2. The van der Waals surface area contributed by atoms with Crippen molar-refractivity contribution in [3.63, 3.8) is 0 Å². The minimum atomic E-state index is -0.448. The summed E-state index contributed by atoms with van der Waals surface area (Å²) in [5, 5.41) is 8.82. The van der Waals surface area contributed by atoms with E-state index < -0.39 is 6.10 Å². The Morgan fingerprint density at radius 1 is 1.06 bits per heavy atom. The standard InChI is InChI=1S/C16H15NO/c1-12-7-9-14(10-8-12)15-5-3-4-6-16(15)18-13(2)11-17/h3-10,13H,1-2H3. The first-order valence-corrected chi connectivity index (χ1v) is 5.93. The molecule has 0 aromatic heterocycles.